The molecule has 1 aromatic heterocycles. The van der Waals surface area contributed by atoms with Gasteiger partial charge in [0.15, 0.2) is 0 Å². The fourth-order valence-corrected chi connectivity index (χ4v) is 3.10. The average Bonchev–Trinajstić information content (AvgIpc) is 2.83. The lowest BCUT2D eigenvalue weighted by atomic mass is 10.1. The largest absolute Gasteiger partial charge is 0.378 e. The van der Waals surface area contributed by atoms with Gasteiger partial charge in [0, 0.05) is 38.9 Å². The van der Waals surface area contributed by atoms with Gasteiger partial charge in [0.25, 0.3) is 5.91 Å². The van der Waals surface area contributed by atoms with Crippen LogP contribution in [0.3, 0.4) is 0 Å². The van der Waals surface area contributed by atoms with Crippen LogP contribution < -0.4 is 4.90 Å². The van der Waals surface area contributed by atoms with Gasteiger partial charge in [0.2, 0.25) is 0 Å². The summed E-state index contributed by atoms with van der Waals surface area (Å²) < 4.78 is 1.09. The Bertz CT molecular complexity index is 592. The van der Waals surface area contributed by atoms with E-state index < -0.39 is 0 Å². The van der Waals surface area contributed by atoms with E-state index in [1.165, 1.54) is 0 Å². The number of halogens is 1. The molecule has 0 aliphatic carbocycles. The number of anilines is 1. The summed E-state index contributed by atoms with van der Waals surface area (Å²) in [5, 5.41) is 2.06. The molecule has 0 saturated carbocycles. The van der Waals surface area contributed by atoms with E-state index in [0.717, 1.165) is 15.0 Å². The van der Waals surface area contributed by atoms with E-state index in [-0.39, 0.29) is 5.91 Å². The van der Waals surface area contributed by atoms with Crippen molar-refractivity contribution in [2.75, 3.05) is 26.0 Å². The van der Waals surface area contributed by atoms with E-state index in [2.05, 4.69) is 21.3 Å². The number of benzene rings is 1. The number of rotatable bonds is 4. The van der Waals surface area contributed by atoms with E-state index in [1.54, 1.807) is 16.2 Å². The number of carbonyl (C=O) groups is 1. The Balaban J connectivity index is 2.06. The maximum atomic E-state index is 12.3. The third kappa shape index (κ3) is 3.61. The summed E-state index contributed by atoms with van der Waals surface area (Å²) in [7, 11) is 5.79. The lowest BCUT2D eigenvalue weighted by molar-refractivity contribution is 0.0785. The van der Waals surface area contributed by atoms with Crippen LogP contribution in [0.1, 0.15) is 15.9 Å². The van der Waals surface area contributed by atoms with Crippen LogP contribution in [0.15, 0.2) is 39.5 Å². The van der Waals surface area contributed by atoms with Gasteiger partial charge in [-0.15, -0.1) is 11.3 Å². The van der Waals surface area contributed by atoms with Crippen molar-refractivity contribution in [3.8, 4) is 0 Å². The number of nitrogens with zero attached hydrogens (tertiary/aromatic N) is 2. The number of carbonyl (C=O) groups excluding carboxylic acids is 1. The molecule has 0 saturated heterocycles. The van der Waals surface area contributed by atoms with E-state index in [0.29, 0.717) is 12.1 Å². The van der Waals surface area contributed by atoms with Gasteiger partial charge in [-0.05, 0) is 57.2 Å². The first kappa shape index (κ1) is 15.1. The first-order valence-electron chi connectivity index (χ1n) is 6.23. The molecule has 0 N–H and O–H groups in total. The summed E-state index contributed by atoms with van der Waals surface area (Å²) in [6.45, 7) is 0.621. The zero-order chi connectivity index (χ0) is 14.7. The lowest BCUT2D eigenvalue weighted by Crippen LogP contribution is -2.26. The van der Waals surface area contributed by atoms with Gasteiger partial charge in [0.1, 0.15) is 0 Å². The molecule has 1 amide bonds. The Morgan fingerprint density at radius 1 is 1.20 bits per heavy atom. The van der Waals surface area contributed by atoms with Gasteiger partial charge in [-0.25, -0.2) is 0 Å². The third-order valence-electron chi connectivity index (χ3n) is 3.02. The second-order valence-corrected chi connectivity index (χ2v) is 7.15. The maximum absolute atomic E-state index is 12.3. The average molecular weight is 353 g/mol. The number of hydrogen-bond acceptors (Lipinski definition) is 3. The first-order chi connectivity index (χ1) is 9.47. The standard InChI is InChI=1S/C15H17BrN2OS/c1-17(2)13-6-4-12(5-7-13)15(19)18(3)9-11-8-14(16)20-10-11/h4-8,10H,9H2,1-3H3. The number of amides is 1. The first-order valence-corrected chi connectivity index (χ1v) is 7.90. The Labute approximate surface area is 132 Å². The fraction of sp³-hybridized carbons (Fsp3) is 0.267. The molecule has 0 spiro atoms. The molecular formula is C15H17BrN2OS. The summed E-state index contributed by atoms with van der Waals surface area (Å²) >= 11 is 5.07. The molecule has 0 atom stereocenters. The number of hydrogen-bond donors (Lipinski definition) is 0. The van der Waals surface area contributed by atoms with E-state index in [4.69, 9.17) is 0 Å². The third-order valence-corrected chi connectivity index (χ3v) is 4.57. The topological polar surface area (TPSA) is 23.6 Å². The highest BCUT2D eigenvalue weighted by Crippen LogP contribution is 2.22. The molecule has 1 heterocycles. The van der Waals surface area contributed by atoms with Crippen LogP contribution in [-0.4, -0.2) is 32.0 Å². The highest BCUT2D eigenvalue weighted by Gasteiger charge is 2.12. The fourth-order valence-electron chi connectivity index (χ4n) is 1.90. The van der Waals surface area contributed by atoms with Crippen molar-refractivity contribution in [1.82, 2.24) is 4.90 Å². The Hall–Kier alpha value is -1.33. The second-order valence-electron chi connectivity index (χ2n) is 4.86. The van der Waals surface area contributed by atoms with Crippen LogP contribution in [0.2, 0.25) is 0 Å². The van der Waals surface area contributed by atoms with Gasteiger partial charge in [-0.1, -0.05) is 0 Å². The second kappa shape index (κ2) is 6.41. The summed E-state index contributed by atoms with van der Waals surface area (Å²) in [4.78, 5) is 16.1. The molecule has 106 valence electrons. The predicted molar refractivity (Wildman–Crippen MR) is 88.6 cm³/mol. The molecule has 0 aliphatic rings. The zero-order valence-corrected chi connectivity index (χ0v) is 14.2. The molecule has 0 bridgehead atoms. The predicted octanol–water partition coefficient (Wildman–Crippen LogP) is 3.85. The molecule has 3 nitrogen and oxygen atoms in total. The van der Waals surface area contributed by atoms with Crippen LogP contribution in [0.25, 0.3) is 0 Å². The van der Waals surface area contributed by atoms with E-state index >= 15 is 0 Å². The lowest BCUT2D eigenvalue weighted by Gasteiger charge is -2.17. The minimum atomic E-state index is 0.0395. The van der Waals surface area contributed by atoms with Crippen molar-refractivity contribution >= 4 is 38.9 Å². The molecule has 1 aromatic carbocycles. The zero-order valence-electron chi connectivity index (χ0n) is 11.8. The van der Waals surface area contributed by atoms with E-state index in [1.807, 2.05) is 56.4 Å². The molecule has 0 aliphatic heterocycles. The van der Waals surface area contributed by atoms with Gasteiger partial charge >= 0.3 is 0 Å². The van der Waals surface area contributed by atoms with Crippen molar-refractivity contribution in [2.24, 2.45) is 0 Å². The summed E-state index contributed by atoms with van der Waals surface area (Å²) in [6, 6.07) is 9.71. The van der Waals surface area contributed by atoms with Gasteiger partial charge in [0.05, 0.1) is 3.79 Å². The smallest absolute Gasteiger partial charge is 0.253 e. The highest BCUT2D eigenvalue weighted by atomic mass is 79.9. The minimum absolute atomic E-state index is 0.0395. The van der Waals surface area contributed by atoms with Crippen LogP contribution in [0, 0.1) is 0 Å². The normalized spacial score (nSPS) is 10.4. The van der Waals surface area contributed by atoms with Crippen molar-refractivity contribution < 1.29 is 4.79 Å². The Kier molecular flexibility index (Phi) is 4.83. The summed E-state index contributed by atoms with van der Waals surface area (Å²) in [6.07, 6.45) is 0. The van der Waals surface area contributed by atoms with Crippen LogP contribution in [-0.2, 0) is 6.54 Å². The maximum Gasteiger partial charge on any atom is 0.253 e. The van der Waals surface area contributed by atoms with Gasteiger partial charge in [-0.2, -0.15) is 0 Å². The molecule has 2 aromatic rings. The monoisotopic (exact) mass is 352 g/mol. The van der Waals surface area contributed by atoms with Crippen molar-refractivity contribution in [2.45, 2.75) is 6.54 Å². The molecule has 20 heavy (non-hydrogen) atoms. The Morgan fingerprint density at radius 2 is 1.85 bits per heavy atom. The molecule has 2 rings (SSSR count). The molecule has 0 unspecified atom stereocenters. The van der Waals surface area contributed by atoms with Crippen molar-refractivity contribution in [3.05, 3.63) is 50.6 Å². The van der Waals surface area contributed by atoms with Gasteiger partial charge in [-0.3, -0.25) is 4.79 Å². The van der Waals surface area contributed by atoms with E-state index in [9.17, 15) is 4.79 Å². The molecule has 5 heteroatoms. The van der Waals surface area contributed by atoms with Crippen LogP contribution in [0.4, 0.5) is 5.69 Å². The quantitative estimate of drug-likeness (QED) is 0.834. The molecule has 0 radical (unpaired) electrons. The highest BCUT2D eigenvalue weighted by molar-refractivity contribution is 9.11. The van der Waals surface area contributed by atoms with Gasteiger partial charge < -0.3 is 9.80 Å². The minimum Gasteiger partial charge on any atom is -0.378 e. The number of thiophene rings is 1. The summed E-state index contributed by atoms with van der Waals surface area (Å²) in [5.74, 6) is 0.0395. The van der Waals surface area contributed by atoms with Crippen LogP contribution >= 0.6 is 27.3 Å². The summed E-state index contributed by atoms with van der Waals surface area (Å²) in [5.41, 5.74) is 2.95. The molecular weight excluding hydrogens is 336 g/mol. The molecule has 0 fully saturated rings. The Morgan fingerprint density at radius 3 is 2.35 bits per heavy atom. The SMILES string of the molecule is CN(Cc1csc(Br)c1)C(=O)c1ccc(N(C)C)cc1. The van der Waals surface area contributed by atoms with Crippen molar-refractivity contribution in [1.29, 1.82) is 0 Å². The van der Waals surface area contributed by atoms with Crippen molar-refractivity contribution in [3.63, 3.8) is 0 Å². The van der Waals surface area contributed by atoms with Crippen LogP contribution in [0.5, 0.6) is 0 Å².